The number of ether oxygens (including phenoxy) is 1. The second-order valence-corrected chi connectivity index (χ2v) is 8.53. The lowest BCUT2D eigenvalue weighted by molar-refractivity contribution is -0.129. The maximum atomic E-state index is 11.9. The third kappa shape index (κ3) is 5.92. The molecule has 0 radical (unpaired) electrons. The molecule has 9 nitrogen and oxygen atoms in total. The highest BCUT2D eigenvalue weighted by atomic mass is 16.5. The average molecular weight is 453 g/mol. The van der Waals surface area contributed by atoms with Crippen LogP contribution in [0.1, 0.15) is 25.3 Å². The number of pyridine rings is 1. The summed E-state index contributed by atoms with van der Waals surface area (Å²) < 4.78 is 5.42. The maximum Gasteiger partial charge on any atom is 0.221 e. The van der Waals surface area contributed by atoms with Crippen LogP contribution in [-0.2, 0) is 20.7 Å². The van der Waals surface area contributed by atoms with Crippen molar-refractivity contribution in [3.63, 3.8) is 0 Å². The molecule has 2 aliphatic rings. The lowest BCUT2D eigenvalue weighted by Crippen LogP contribution is -2.38. The minimum absolute atomic E-state index is 0.0919. The van der Waals surface area contributed by atoms with E-state index < -0.39 is 5.91 Å². The Kier molecular flexibility index (Phi) is 7.29. The number of benzene rings is 1. The fourth-order valence-corrected chi connectivity index (χ4v) is 4.46. The Labute approximate surface area is 194 Å². The van der Waals surface area contributed by atoms with Crippen molar-refractivity contribution >= 4 is 34.7 Å². The molecule has 2 aliphatic heterocycles. The fourth-order valence-electron chi connectivity index (χ4n) is 4.46. The normalized spacial score (nSPS) is 18.3. The number of rotatable bonds is 8. The largest absolute Gasteiger partial charge is 0.383 e. The Bertz CT molecular complexity index is 975. The zero-order valence-corrected chi connectivity index (χ0v) is 19.0. The van der Waals surface area contributed by atoms with Gasteiger partial charge in [-0.3, -0.25) is 9.59 Å². The van der Waals surface area contributed by atoms with E-state index in [4.69, 9.17) is 10.5 Å². The van der Waals surface area contributed by atoms with Crippen molar-refractivity contribution in [2.24, 2.45) is 5.73 Å². The van der Waals surface area contributed by atoms with Gasteiger partial charge in [-0.1, -0.05) is 0 Å². The molecule has 1 aromatic heterocycles. The van der Waals surface area contributed by atoms with Gasteiger partial charge in [0.15, 0.2) is 0 Å². The van der Waals surface area contributed by atoms with Crippen molar-refractivity contribution in [2.45, 2.75) is 32.2 Å². The van der Waals surface area contributed by atoms with Crippen LogP contribution in [0.3, 0.4) is 0 Å². The number of hydrogen-bond acceptors (Lipinski definition) is 7. The summed E-state index contributed by atoms with van der Waals surface area (Å²) in [5.74, 6) is 0.347. The Hall–Kier alpha value is -3.33. The fraction of sp³-hybridized carbons (Fsp3) is 0.458. The molecule has 2 amide bonds. The SMILES string of the molecule is CC(=O)N1CCCC1CNc1cc(Nc2ccc(N3CCOCC3)cc2)ncc1CC(N)=O. The highest BCUT2D eigenvalue weighted by Gasteiger charge is 2.26. The van der Waals surface area contributed by atoms with Gasteiger partial charge in [0.2, 0.25) is 11.8 Å². The maximum absolute atomic E-state index is 11.9. The number of carbonyl (C=O) groups excluding carboxylic acids is 2. The molecule has 1 aromatic carbocycles. The molecule has 0 spiro atoms. The van der Waals surface area contributed by atoms with Crippen LogP contribution in [0.15, 0.2) is 36.5 Å². The molecular formula is C24H32N6O3. The second kappa shape index (κ2) is 10.5. The van der Waals surface area contributed by atoms with Crippen molar-refractivity contribution in [1.29, 1.82) is 0 Å². The Morgan fingerprint density at radius 1 is 1.18 bits per heavy atom. The zero-order chi connectivity index (χ0) is 23.2. The molecular weight excluding hydrogens is 420 g/mol. The predicted octanol–water partition coefficient (Wildman–Crippen LogP) is 2.11. The number of nitrogens with zero attached hydrogens (tertiary/aromatic N) is 3. The van der Waals surface area contributed by atoms with Gasteiger partial charge in [-0.25, -0.2) is 4.98 Å². The van der Waals surface area contributed by atoms with Crippen LogP contribution in [0.4, 0.5) is 22.9 Å². The summed E-state index contributed by atoms with van der Waals surface area (Å²) in [6, 6.07) is 10.3. The monoisotopic (exact) mass is 452 g/mol. The molecule has 0 aliphatic carbocycles. The molecule has 0 bridgehead atoms. The molecule has 0 saturated carbocycles. The van der Waals surface area contributed by atoms with E-state index >= 15 is 0 Å². The molecule has 176 valence electrons. The van der Waals surface area contributed by atoms with E-state index in [0.29, 0.717) is 12.4 Å². The molecule has 9 heteroatoms. The highest BCUT2D eigenvalue weighted by molar-refractivity contribution is 5.79. The van der Waals surface area contributed by atoms with Crippen LogP contribution in [0, 0.1) is 0 Å². The molecule has 2 fully saturated rings. The van der Waals surface area contributed by atoms with Crippen molar-refractivity contribution in [2.75, 3.05) is 54.9 Å². The first kappa shape index (κ1) is 22.8. The van der Waals surface area contributed by atoms with Gasteiger partial charge in [-0.15, -0.1) is 0 Å². The van der Waals surface area contributed by atoms with Crippen molar-refractivity contribution in [3.8, 4) is 0 Å². The Morgan fingerprint density at radius 2 is 1.94 bits per heavy atom. The number of nitrogens with one attached hydrogen (secondary N) is 2. The molecule has 33 heavy (non-hydrogen) atoms. The lowest BCUT2D eigenvalue weighted by Gasteiger charge is -2.29. The molecule has 1 unspecified atom stereocenters. The van der Waals surface area contributed by atoms with Crippen molar-refractivity contribution < 1.29 is 14.3 Å². The van der Waals surface area contributed by atoms with E-state index in [-0.39, 0.29) is 18.4 Å². The second-order valence-electron chi connectivity index (χ2n) is 8.53. The smallest absolute Gasteiger partial charge is 0.221 e. The number of primary amides is 1. The van der Waals surface area contributed by atoms with Gasteiger partial charge in [0, 0.05) is 74.0 Å². The van der Waals surface area contributed by atoms with Crippen LogP contribution < -0.4 is 21.3 Å². The number of amides is 2. The van der Waals surface area contributed by atoms with Gasteiger partial charge in [-0.05, 0) is 37.1 Å². The van der Waals surface area contributed by atoms with E-state index in [2.05, 4.69) is 32.7 Å². The summed E-state index contributed by atoms with van der Waals surface area (Å²) in [5, 5.41) is 6.76. The molecule has 4 rings (SSSR count). The van der Waals surface area contributed by atoms with Crippen LogP contribution in [0.5, 0.6) is 0 Å². The first-order valence-electron chi connectivity index (χ1n) is 11.5. The average Bonchev–Trinajstić information content (AvgIpc) is 3.29. The molecule has 2 aromatic rings. The summed E-state index contributed by atoms with van der Waals surface area (Å²) in [7, 11) is 0. The molecule has 4 N–H and O–H groups in total. The third-order valence-corrected chi connectivity index (χ3v) is 6.18. The molecule has 3 heterocycles. The van der Waals surface area contributed by atoms with E-state index in [0.717, 1.165) is 62.6 Å². The van der Waals surface area contributed by atoms with E-state index in [1.165, 1.54) is 5.69 Å². The van der Waals surface area contributed by atoms with Crippen LogP contribution >= 0.6 is 0 Å². The topological polar surface area (TPSA) is 113 Å². The number of nitrogens with two attached hydrogens (primary N) is 1. The first-order chi connectivity index (χ1) is 16.0. The number of anilines is 4. The van der Waals surface area contributed by atoms with Gasteiger partial charge in [0.25, 0.3) is 0 Å². The van der Waals surface area contributed by atoms with E-state index in [1.54, 1.807) is 13.1 Å². The van der Waals surface area contributed by atoms with Gasteiger partial charge in [-0.2, -0.15) is 0 Å². The minimum atomic E-state index is -0.412. The minimum Gasteiger partial charge on any atom is -0.383 e. The van der Waals surface area contributed by atoms with E-state index in [9.17, 15) is 9.59 Å². The summed E-state index contributed by atoms with van der Waals surface area (Å²) >= 11 is 0. The quantitative estimate of drug-likeness (QED) is 0.562. The van der Waals surface area contributed by atoms with Gasteiger partial charge in [0.1, 0.15) is 5.82 Å². The molecule has 1 atom stereocenters. The number of aromatic nitrogens is 1. The van der Waals surface area contributed by atoms with Gasteiger partial charge < -0.3 is 30.9 Å². The third-order valence-electron chi connectivity index (χ3n) is 6.18. The summed E-state index contributed by atoms with van der Waals surface area (Å²) in [6.45, 7) is 6.31. The Balaban J connectivity index is 1.45. The zero-order valence-electron chi connectivity index (χ0n) is 19.0. The van der Waals surface area contributed by atoms with Crippen LogP contribution in [-0.4, -0.2) is 67.1 Å². The summed E-state index contributed by atoms with van der Waals surface area (Å²) in [5.41, 5.74) is 9.06. The number of morpholine rings is 1. The Morgan fingerprint density at radius 3 is 2.64 bits per heavy atom. The molecule has 2 saturated heterocycles. The van der Waals surface area contributed by atoms with Crippen LogP contribution in [0.25, 0.3) is 0 Å². The van der Waals surface area contributed by atoms with Gasteiger partial charge in [0.05, 0.1) is 19.6 Å². The summed E-state index contributed by atoms with van der Waals surface area (Å²) in [4.78, 5) is 32.1. The van der Waals surface area contributed by atoms with Crippen molar-refractivity contribution in [1.82, 2.24) is 9.88 Å². The standard InChI is InChI=1S/C24H32N6O3/c1-17(31)30-8-2-3-21(30)16-26-22-14-24(27-15-18(22)13-23(25)32)28-19-4-6-20(7-5-19)29-9-11-33-12-10-29/h4-7,14-15,21H,2-3,8-13,16H2,1H3,(H2,25,32)(H2,26,27,28). The van der Waals surface area contributed by atoms with Crippen molar-refractivity contribution in [3.05, 3.63) is 42.1 Å². The number of hydrogen-bond donors (Lipinski definition) is 3. The number of likely N-dealkylation sites (tertiary alicyclic amines) is 1. The summed E-state index contributed by atoms with van der Waals surface area (Å²) in [6.07, 6.45) is 3.74. The van der Waals surface area contributed by atoms with Crippen LogP contribution in [0.2, 0.25) is 0 Å². The lowest BCUT2D eigenvalue weighted by atomic mass is 10.1. The van der Waals surface area contributed by atoms with E-state index in [1.807, 2.05) is 23.1 Å². The van der Waals surface area contributed by atoms with Gasteiger partial charge >= 0.3 is 0 Å². The first-order valence-corrected chi connectivity index (χ1v) is 11.5. The highest BCUT2D eigenvalue weighted by Crippen LogP contribution is 2.25. The predicted molar refractivity (Wildman–Crippen MR) is 129 cm³/mol. The number of carbonyl (C=O) groups is 2.